The Morgan fingerprint density at radius 2 is 1.90 bits per heavy atom. The fourth-order valence-corrected chi connectivity index (χ4v) is 3.95. The Kier molecular flexibility index (Phi) is 5.22. The van der Waals surface area contributed by atoms with E-state index in [4.69, 9.17) is 5.73 Å². The summed E-state index contributed by atoms with van der Waals surface area (Å²) in [5.41, 5.74) is 7.71. The van der Waals surface area contributed by atoms with Crippen LogP contribution < -0.4 is 5.73 Å². The number of hydrogen-bond acceptors (Lipinski definition) is 2. The fraction of sp³-hybridized carbons (Fsp3) is 0.667. The first kappa shape index (κ1) is 15.5. The molecule has 1 fully saturated rings. The molecule has 0 radical (unpaired) electrons. The minimum atomic E-state index is 0.464. The van der Waals surface area contributed by atoms with Gasteiger partial charge in [-0.1, -0.05) is 51.1 Å². The van der Waals surface area contributed by atoms with Crippen LogP contribution in [0.25, 0.3) is 0 Å². The summed E-state index contributed by atoms with van der Waals surface area (Å²) in [6.07, 6.45) is 3.96. The molecule has 1 aliphatic carbocycles. The summed E-state index contributed by atoms with van der Waals surface area (Å²) in [4.78, 5) is 2.60. The quantitative estimate of drug-likeness (QED) is 0.888. The van der Waals surface area contributed by atoms with Gasteiger partial charge >= 0.3 is 0 Å². The lowest BCUT2D eigenvalue weighted by molar-refractivity contribution is 0.0638. The predicted octanol–water partition coefficient (Wildman–Crippen LogP) is 3.66. The molecule has 1 aromatic carbocycles. The highest BCUT2D eigenvalue weighted by atomic mass is 15.2. The van der Waals surface area contributed by atoms with Crippen LogP contribution in [0.5, 0.6) is 0 Å². The van der Waals surface area contributed by atoms with Gasteiger partial charge in [0, 0.05) is 25.7 Å². The highest BCUT2D eigenvalue weighted by Gasteiger charge is 2.34. The highest BCUT2D eigenvalue weighted by molar-refractivity contribution is 5.14. The van der Waals surface area contributed by atoms with E-state index in [-0.39, 0.29) is 0 Å². The average Bonchev–Trinajstić information content (AvgIpc) is 2.37. The molecule has 1 saturated carbocycles. The van der Waals surface area contributed by atoms with Gasteiger partial charge in [0.15, 0.2) is 0 Å². The molecule has 2 N–H and O–H groups in total. The Balaban J connectivity index is 2.07. The lowest BCUT2D eigenvalue weighted by Crippen LogP contribution is -2.44. The smallest absolute Gasteiger partial charge is 0.0237 e. The van der Waals surface area contributed by atoms with Crippen LogP contribution in [0.3, 0.4) is 0 Å². The van der Waals surface area contributed by atoms with Crippen molar-refractivity contribution in [3.05, 3.63) is 35.9 Å². The molecule has 2 heteroatoms. The SMILES string of the molecule is CC1CC(N(CCN)Cc2ccccc2)CC(C)(C)C1. The van der Waals surface area contributed by atoms with Crippen molar-refractivity contribution in [3.63, 3.8) is 0 Å². The van der Waals surface area contributed by atoms with Gasteiger partial charge in [-0.05, 0) is 36.2 Å². The molecule has 20 heavy (non-hydrogen) atoms. The van der Waals surface area contributed by atoms with Crippen molar-refractivity contribution < 1.29 is 0 Å². The maximum Gasteiger partial charge on any atom is 0.0237 e. The van der Waals surface area contributed by atoms with Crippen molar-refractivity contribution in [3.8, 4) is 0 Å². The molecule has 0 heterocycles. The van der Waals surface area contributed by atoms with Gasteiger partial charge in [-0.15, -0.1) is 0 Å². The van der Waals surface area contributed by atoms with Gasteiger partial charge in [0.25, 0.3) is 0 Å². The molecule has 2 atom stereocenters. The van der Waals surface area contributed by atoms with Crippen molar-refractivity contribution in [2.75, 3.05) is 13.1 Å². The molecule has 0 spiro atoms. The van der Waals surface area contributed by atoms with Gasteiger partial charge in [-0.3, -0.25) is 4.90 Å². The first-order chi connectivity index (χ1) is 9.50. The topological polar surface area (TPSA) is 29.3 Å². The van der Waals surface area contributed by atoms with Crippen LogP contribution in [-0.2, 0) is 6.54 Å². The van der Waals surface area contributed by atoms with Crippen molar-refractivity contribution in [1.82, 2.24) is 4.90 Å². The van der Waals surface area contributed by atoms with Crippen molar-refractivity contribution in [1.29, 1.82) is 0 Å². The Morgan fingerprint density at radius 1 is 1.20 bits per heavy atom. The minimum absolute atomic E-state index is 0.464. The molecular formula is C18H30N2. The Labute approximate surface area is 124 Å². The van der Waals surface area contributed by atoms with Crippen molar-refractivity contribution >= 4 is 0 Å². The largest absolute Gasteiger partial charge is 0.329 e. The van der Waals surface area contributed by atoms with Gasteiger partial charge in [0.2, 0.25) is 0 Å². The molecule has 1 aromatic rings. The molecule has 0 bridgehead atoms. The van der Waals surface area contributed by atoms with Crippen LogP contribution >= 0.6 is 0 Å². The number of nitrogens with two attached hydrogens (primary N) is 1. The van der Waals surface area contributed by atoms with Crippen LogP contribution in [0, 0.1) is 11.3 Å². The fourth-order valence-electron chi connectivity index (χ4n) is 3.95. The van der Waals surface area contributed by atoms with E-state index in [0.29, 0.717) is 11.5 Å². The van der Waals surface area contributed by atoms with Gasteiger partial charge in [0.1, 0.15) is 0 Å². The second kappa shape index (κ2) is 6.73. The third-order valence-corrected chi connectivity index (χ3v) is 4.52. The van der Waals surface area contributed by atoms with Gasteiger partial charge in [-0.2, -0.15) is 0 Å². The predicted molar refractivity (Wildman–Crippen MR) is 86.5 cm³/mol. The second-order valence-corrected chi connectivity index (χ2v) is 7.31. The van der Waals surface area contributed by atoms with Crippen molar-refractivity contribution in [2.45, 2.75) is 52.6 Å². The maximum absolute atomic E-state index is 5.85. The number of hydrogen-bond donors (Lipinski definition) is 1. The Bertz CT molecular complexity index is 399. The van der Waals surface area contributed by atoms with E-state index in [1.807, 2.05) is 0 Å². The molecule has 0 amide bonds. The van der Waals surface area contributed by atoms with E-state index in [0.717, 1.165) is 25.6 Å². The highest BCUT2D eigenvalue weighted by Crippen LogP contribution is 2.40. The molecule has 112 valence electrons. The summed E-state index contributed by atoms with van der Waals surface area (Å²) in [7, 11) is 0. The third kappa shape index (κ3) is 4.32. The molecule has 2 rings (SSSR count). The lowest BCUT2D eigenvalue weighted by atomic mass is 9.70. The zero-order chi connectivity index (χ0) is 14.6. The molecule has 2 unspecified atom stereocenters. The summed E-state index contributed by atoms with van der Waals surface area (Å²) in [6.45, 7) is 10.0. The summed E-state index contributed by atoms with van der Waals surface area (Å²) in [6, 6.07) is 11.5. The summed E-state index contributed by atoms with van der Waals surface area (Å²) >= 11 is 0. The molecule has 0 aromatic heterocycles. The van der Waals surface area contributed by atoms with Gasteiger partial charge < -0.3 is 5.73 Å². The van der Waals surface area contributed by atoms with Gasteiger partial charge in [-0.25, -0.2) is 0 Å². The van der Waals surface area contributed by atoms with Crippen LogP contribution in [0.2, 0.25) is 0 Å². The average molecular weight is 274 g/mol. The first-order valence-corrected chi connectivity index (χ1v) is 7.98. The Hall–Kier alpha value is -0.860. The van der Waals surface area contributed by atoms with E-state index in [1.54, 1.807) is 0 Å². The van der Waals surface area contributed by atoms with E-state index in [1.165, 1.54) is 24.8 Å². The van der Waals surface area contributed by atoms with Crippen LogP contribution in [-0.4, -0.2) is 24.0 Å². The Morgan fingerprint density at radius 3 is 2.50 bits per heavy atom. The second-order valence-electron chi connectivity index (χ2n) is 7.31. The summed E-state index contributed by atoms with van der Waals surface area (Å²) < 4.78 is 0. The molecule has 1 aliphatic rings. The van der Waals surface area contributed by atoms with Crippen LogP contribution in [0.4, 0.5) is 0 Å². The standard InChI is InChI=1S/C18H30N2/c1-15-11-17(13-18(2,3)12-15)20(10-9-19)14-16-7-5-4-6-8-16/h4-8,15,17H,9-14,19H2,1-3H3. The lowest BCUT2D eigenvalue weighted by Gasteiger charge is -2.44. The molecular weight excluding hydrogens is 244 g/mol. The summed E-state index contributed by atoms with van der Waals surface area (Å²) in [5.74, 6) is 0.819. The third-order valence-electron chi connectivity index (χ3n) is 4.52. The number of nitrogens with zero attached hydrogens (tertiary/aromatic N) is 1. The number of benzene rings is 1. The molecule has 0 aliphatic heterocycles. The van der Waals surface area contributed by atoms with Crippen LogP contribution in [0.1, 0.15) is 45.6 Å². The normalized spacial score (nSPS) is 25.9. The monoisotopic (exact) mass is 274 g/mol. The minimum Gasteiger partial charge on any atom is -0.329 e. The summed E-state index contributed by atoms with van der Waals surface area (Å²) in [5, 5.41) is 0. The van der Waals surface area contributed by atoms with E-state index >= 15 is 0 Å². The maximum atomic E-state index is 5.85. The zero-order valence-electron chi connectivity index (χ0n) is 13.3. The van der Waals surface area contributed by atoms with Crippen LogP contribution in [0.15, 0.2) is 30.3 Å². The zero-order valence-corrected chi connectivity index (χ0v) is 13.3. The van der Waals surface area contributed by atoms with E-state index in [9.17, 15) is 0 Å². The van der Waals surface area contributed by atoms with Crippen molar-refractivity contribution in [2.24, 2.45) is 17.1 Å². The van der Waals surface area contributed by atoms with E-state index in [2.05, 4.69) is 56.0 Å². The number of rotatable bonds is 5. The first-order valence-electron chi connectivity index (χ1n) is 7.98. The van der Waals surface area contributed by atoms with E-state index < -0.39 is 0 Å². The van der Waals surface area contributed by atoms with Gasteiger partial charge in [0.05, 0.1) is 0 Å². The molecule has 2 nitrogen and oxygen atoms in total. The molecule has 0 saturated heterocycles.